The highest BCUT2D eigenvalue weighted by molar-refractivity contribution is 5.79. The Balaban J connectivity index is 3.21. The number of hydrogen-bond acceptors (Lipinski definition) is 2. The molecule has 0 saturated carbocycles. The molecule has 0 atom stereocenters. The molecule has 56 valence electrons. The molecular formula is C9H10N2. The van der Waals surface area contributed by atoms with Gasteiger partial charge in [-0.1, -0.05) is 6.07 Å². The minimum absolute atomic E-state index is 0.823. The Morgan fingerprint density at radius 3 is 2.73 bits per heavy atom. The maximum absolute atomic E-state index is 7.03. The summed E-state index contributed by atoms with van der Waals surface area (Å²) in [6.07, 6.45) is 1.31. The van der Waals surface area contributed by atoms with E-state index in [4.69, 9.17) is 5.41 Å². The summed E-state index contributed by atoms with van der Waals surface area (Å²) >= 11 is 0. The smallest absolute Gasteiger partial charge is 0.0631 e. The monoisotopic (exact) mass is 146 g/mol. The molecule has 0 spiro atoms. The second-order valence-electron chi connectivity index (χ2n) is 2.40. The largest absolute Gasteiger partial charge is 0.308 e. The zero-order chi connectivity index (χ0) is 8.27. The third-order valence-corrected chi connectivity index (χ3v) is 1.43. The van der Waals surface area contributed by atoms with E-state index < -0.39 is 0 Å². The summed E-state index contributed by atoms with van der Waals surface area (Å²) in [5.74, 6) is 0. The first kappa shape index (κ1) is 7.66. The predicted molar refractivity (Wildman–Crippen MR) is 48.3 cm³/mol. The normalized spacial score (nSPS) is 9.18. The van der Waals surface area contributed by atoms with Gasteiger partial charge in [-0.2, -0.15) is 0 Å². The lowest BCUT2D eigenvalue weighted by molar-refractivity contribution is 1.42. The van der Waals surface area contributed by atoms with Gasteiger partial charge in [-0.15, -0.1) is 0 Å². The van der Waals surface area contributed by atoms with Crippen molar-refractivity contribution < 1.29 is 0 Å². The summed E-state index contributed by atoms with van der Waals surface area (Å²) < 4.78 is 0. The molecule has 0 saturated heterocycles. The maximum atomic E-state index is 7.03. The molecule has 0 fully saturated rings. The Morgan fingerprint density at radius 2 is 2.18 bits per heavy atom. The fourth-order valence-corrected chi connectivity index (χ4v) is 0.967. The fourth-order valence-electron chi connectivity index (χ4n) is 0.967. The second kappa shape index (κ2) is 3.10. The summed E-state index contributed by atoms with van der Waals surface area (Å²) in [7, 11) is 0. The van der Waals surface area contributed by atoms with E-state index in [1.165, 1.54) is 6.21 Å². The standard InChI is InChI=1S/C9H10N2/c1-7-3-8(6-10)5-9(4-7)11-2/h3-6,10H,2H2,1H3. The van der Waals surface area contributed by atoms with Crippen LogP contribution in [0.25, 0.3) is 0 Å². The number of nitrogens with one attached hydrogen (secondary N) is 1. The van der Waals surface area contributed by atoms with Crippen molar-refractivity contribution in [1.29, 1.82) is 5.41 Å². The first-order chi connectivity index (χ1) is 5.26. The molecule has 0 unspecified atom stereocenters. The lowest BCUT2D eigenvalue weighted by atomic mass is 10.1. The van der Waals surface area contributed by atoms with Crippen LogP contribution in [0, 0.1) is 12.3 Å². The van der Waals surface area contributed by atoms with Gasteiger partial charge in [0.25, 0.3) is 0 Å². The molecule has 11 heavy (non-hydrogen) atoms. The van der Waals surface area contributed by atoms with Crippen LogP contribution in [0.5, 0.6) is 0 Å². The molecule has 1 rings (SSSR count). The molecule has 1 aromatic carbocycles. The van der Waals surface area contributed by atoms with E-state index in [0.717, 1.165) is 16.8 Å². The molecule has 0 heterocycles. The average molecular weight is 146 g/mol. The first-order valence-electron chi connectivity index (χ1n) is 3.35. The molecule has 0 amide bonds. The van der Waals surface area contributed by atoms with Crippen LogP contribution >= 0.6 is 0 Å². The highest BCUT2D eigenvalue weighted by atomic mass is 14.7. The van der Waals surface area contributed by atoms with Gasteiger partial charge in [0.1, 0.15) is 0 Å². The molecule has 1 N–H and O–H groups in total. The quantitative estimate of drug-likeness (QED) is 0.622. The summed E-state index contributed by atoms with van der Waals surface area (Å²) in [6, 6.07) is 5.69. The molecule has 0 bridgehead atoms. The van der Waals surface area contributed by atoms with E-state index in [1.807, 2.05) is 25.1 Å². The van der Waals surface area contributed by atoms with Crippen LogP contribution in [0.1, 0.15) is 11.1 Å². The van der Waals surface area contributed by atoms with Crippen molar-refractivity contribution in [2.75, 3.05) is 0 Å². The molecule has 0 aliphatic rings. The molecule has 0 aliphatic heterocycles. The minimum atomic E-state index is 0.823. The number of hydrogen-bond donors (Lipinski definition) is 1. The van der Waals surface area contributed by atoms with E-state index in [0.29, 0.717) is 0 Å². The summed E-state index contributed by atoms with van der Waals surface area (Å²) in [6.45, 7) is 5.40. The van der Waals surface area contributed by atoms with Gasteiger partial charge in [0.15, 0.2) is 0 Å². The summed E-state index contributed by atoms with van der Waals surface area (Å²) in [5.41, 5.74) is 2.80. The average Bonchev–Trinajstić information content (AvgIpc) is 2.03. The summed E-state index contributed by atoms with van der Waals surface area (Å²) in [5, 5.41) is 7.03. The van der Waals surface area contributed by atoms with Gasteiger partial charge in [0.2, 0.25) is 0 Å². The highest BCUT2D eigenvalue weighted by Gasteiger charge is 1.92. The molecule has 0 aromatic heterocycles. The number of nitrogens with zero attached hydrogens (tertiary/aromatic N) is 1. The Kier molecular flexibility index (Phi) is 2.16. The van der Waals surface area contributed by atoms with Crippen LogP contribution in [0.3, 0.4) is 0 Å². The number of aliphatic imine (C=N–C) groups is 1. The van der Waals surface area contributed by atoms with E-state index in [-0.39, 0.29) is 0 Å². The van der Waals surface area contributed by atoms with Crippen molar-refractivity contribution in [1.82, 2.24) is 0 Å². The van der Waals surface area contributed by atoms with Crippen LogP contribution in [-0.4, -0.2) is 12.9 Å². The number of aryl methyl sites for hydroxylation is 1. The lowest BCUT2D eigenvalue weighted by Crippen LogP contribution is -1.80. The molecular weight excluding hydrogens is 136 g/mol. The van der Waals surface area contributed by atoms with Gasteiger partial charge in [0.05, 0.1) is 5.69 Å². The van der Waals surface area contributed by atoms with Crippen LogP contribution < -0.4 is 0 Å². The van der Waals surface area contributed by atoms with Crippen molar-refractivity contribution >= 4 is 18.6 Å². The van der Waals surface area contributed by atoms with Crippen molar-refractivity contribution in [3.63, 3.8) is 0 Å². The van der Waals surface area contributed by atoms with Gasteiger partial charge in [-0.05, 0) is 36.9 Å². The van der Waals surface area contributed by atoms with Crippen LogP contribution in [0.4, 0.5) is 5.69 Å². The Bertz CT molecular complexity index is 263. The third kappa shape index (κ3) is 1.74. The van der Waals surface area contributed by atoms with Gasteiger partial charge >= 0.3 is 0 Å². The van der Waals surface area contributed by atoms with Gasteiger partial charge in [-0.3, -0.25) is 4.99 Å². The molecule has 2 nitrogen and oxygen atoms in total. The first-order valence-corrected chi connectivity index (χ1v) is 3.35. The van der Waals surface area contributed by atoms with Crippen molar-refractivity contribution in [2.45, 2.75) is 6.92 Å². The van der Waals surface area contributed by atoms with Crippen molar-refractivity contribution in [3.8, 4) is 0 Å². The van der Waals surface area contributed by atoms with Gasteiger partial charge in [-0.25, -0.2) is 0 Å². The van der Waals surface area contributed by atoms with E-state index in [9.17, 15) is 0 Å². The Hall–Kier alpha value is -1.44. The topological polar surface area (TPSA) is 36.2 Å². The number of rotatable bonds is 2. The van der Waals surface area contributed by atoms with Crippen LogP contribution in [-0.2, 0) is 0 Å². The third-order valence-electron chi connectivity index (χ3n) is 1.43. The van der Waals surface area contributed by atoms with E-state index in [1.54, 1.807) is 0 Å². The number of benzene rings is 1. The lowest BCUT2D eigenvalue weighted by Gasteiger charge is -1.97. The Morgan fingerprint density at radius 1 is 1.45 bits per heavy atom. The summed E-state index contributed by atoms with van der Waals surface area (Å²) in [4.78, 5) is 3.79. The molecule has 0 aliphatic carbocycles. The molecule has 1 aromatic rings. The highest BCUT2D eigenvalue weighted by Crippen LogP contribution is 2.15. The van der Waals surface area contributed by atoms with Crippen molar-refractivity contribution in [3.05, 3.63) is 29.3 Å². The predicted octanol–water partition coefficient (Wildman–Crippen LogP) is 2.32. The van der Waals surface area contributed by atoms with E-state index in [2.05, 4.69) is 11.7 Å². The minimum Gasteiger partial charge on any atom is -0.308 e. The Labute approximate surface area is 66.1 Å². The van der Waals surface area contributed by atoms with E-state index >= 15 is 0 Å². The SMILES string of the molecule is C=Nc1cc(C)cc(C=N)c1. The van der Waals surface area contributed by atoms with Gasteiger partial charge in [0, 0.05) is 6.21 Å². The van der Waals surface area contributed by atoms with Crippen LogP contribution in [0.2, 0.25) is 0 Å². The second-order valence-corrected chi connectivity index (χ2v) is 2.40. The van der Waals surface area contributed by atoms with Crippen molar-refractivity contribution in [2.24, 2.45) is 4.99 Å². The zero-order valence-corrected chi connectivity index (χ0v) is 6.46. The zero-order valence-electron chi connectivity index (χ0n) is 6.46. The van der Waals surface area contributed by atoms with Crippen LogP contribution in [0.15, 0.2) is 23.2 Å². The maximum Gasteiger partial charge on any atom is 0.0631 e. The molecule has 2 heteroatoms. The fraction of sp³-hybridized carbons (Fsp3) is 0.111. The van der Waals surface area contributed by atoms with Gasteiger partial charge < -0.3 is 5.41 Å². The molecule has 0 radical (unpaired) electrons.